The molecule has 0 amide bonds. The van der Waals surface area contributed by atoms with Gasteiger partial charge in [0.15, 0.2) is 0 Å². The van der Waals surface area contributed by atoms with Crippen LogP contribution in [0, 0.1) is 23.6 Å². The maximum Gasteiger partial charge on any atom is 0.123 e. The fourth-order valence-corrected chi connectivity index (χ4v) is 3.32. The zero-order valence-electron chi connectivity index (χ0n) is 12.5. The Hall–Kier alpha value is -0.890. The number of halogens is 1. The summed E-state index contributed by atoms with van der Waals surface area (Å²) in [5.74, 6) is 1.98. The summed E-state index contributed by atoms with van der Waals surface area (Å²) in [6, 6.07) is 5.64. The van der Waals surface area contributed by atoms with E-state index in [1.807, 2.05) is 6.07 Å². The number of nitrogens with one attached hydrogen (secondary N) is 1. The molecule has 0 aliphatic heterocycles. The molecule has 1 aliphatic carbocycles. The molecule has 1 aliphatic rings. The molecule has 1 aromatic rings. The van der Waals surface area contributed by atoms with Crippen molar-refractivity contribution in [2.24, 2.45) is 17.8 Å². The van der Waals surface area contributed by atoms with Gasteiger partial charge in [0.1, 0.15) is 5.82 Å². The van der Waals surface area contributed by atoms with Gasteiger partial charge in [-0.3, -0.25) is 0 Å². The quantitative estimate of drug-likeness (QED) is 0.833. The Balaban J connectivity index is 1.99. The fourth-order valence-electron chi connectivity index (χ4n) is 3.32. The largest absolute Gasteiger partial charge is 0.310 e. The second kappa shape index (κ2) is 6.04. The van der Waals surface area contributed by atoms with Gasteiger partial charge in [-0.15, -0.1) is 0 Å². The van der Waals surface area contributed by atoms with Crippen LogP contribution in [0.4, 0.5) is 4.39 Å². The van der Waals surface area contributed by atoms with Crippen LogP contribution in [-0.4, -0.2) is 6.54 Å². The molecule has 0 spiro atoms. The minimum atomic E-state index is -0.110. The van der Waals surface area contributed by atoms with Gasteiger partial charge >= 0.3 is 0 Å². The van der Waals surface area contributed by atoms with Gasteiger partial charge in [0.25, 0.3) is 0 Å². The molecule has 0 heterocycles. The van der Waals surface area contributed by atoms with E-state index < -0.39 is 0 Å². The Labute approximate surface area is 116 Å². The van der Waals surface area contributed by atoms with Crippen LogP contribution < -0.4 is 5.32 Å². The summed E-state index contributed by atoms with van der Waals surface area (Å²) in [5, 5.41) is 3.70. The summed E-state index contributed by atoms with van der Waals surface area (Å²) in [6.07, 6.45) is 2.10. The Morgan fingerprint density at radius 3 is 2.53 bits per heavy atom. The molecule has 19 heavy (non-hydrogen) atoms. The van der Waals surface area contributed by atoms with Gasteiger partial charge in [0.05, 0.1) is 0 Å². The van der Waals surface area contributed by atoms with Crippen molar-refractivity contribution >= 4 is 0 Å². The van der Waals surface area contributed by atoms with Crippen LogP contribution in [0.3, 0.4) is 0 Å². The van der Waals surface area contributed by atoms with Gasteiger partial charge in [-0.2, -0.15) is 0 Å². The monoisotopic (exact) mass is 263 g/mol. The molecular weight excluding hydrogens is 237 g/mol. The minimum Gasteiger partial charge on any atom is -0.310 e. The molecule has 106 valence electrons. The van der Waals surface area contributed by atoms with Crippen LogP contribution in [0.25, 0.3) is 0 Å². The van der Waals surface area contributed by atoms with Gasteiger partial charge < -0.3 is 5.32 Å². The van der Waals surface area contributed by atoms with E-state index in [-0.39, 0.29) is 5.82 Å². The van der Waals surface area contributed by atoms with Gasteiger partial charge in [-0.05, 0) is 60.4 Å². The Morgan fingerprint density at radius 2 is 1.89 bits per heavy atom. The lowest BCUT2D eigenvalue weighted by Gasteiger charge is -2.27. The van der Waals surface area contributed by atoms with Crippen molar-refractivity contribution in [1.29, 1.82) is 0 Å². The van der Waals surface area contributed by atoms with E-state index in [0.717, 1.165) is 19.4 Å². The van der Waals surface area contributed by atoms with Crippen LogP contribution in [-0.2, 0) is 6.42 Å². The molecule has 0 radical (unpaired) electrons. The SMILES string of the molecule is CC(C)C(CNC1CCc2cc(F)ccc21)C(C)C. The fraction of sp³-hybridized carbons (Fsp3) is 0.647. The Morgan fingerprint density at radius 1 is 1.21 bits per heavy atom. The van der Waals surface area contributed by atoms with Crippen molar-refractivity contribution in [2.45, 2.75) is 46.6 Å². The Bertz CT molecular complexity index is 417. The van der Waals surface area contributed by atoms with Crippen molar-refractivity contribution in [2.75, 3.05) is 6.54 Å². The van der Waals surface area contributed by atoms with Gasteiger partial charge in [0, 0.05) is 6.04 Å². The van der Waals surface area contributed by atoms with E-state index in [2.05, 4.69) is 33.0 Å². The third-order valence-electron chi connectivity index (χ3n) is 4.50. The van der Waals surface area contributed by atoms with Crippen molar-refractivity contribution in [3.05, 3.63) is 35.1 Å². The summed E-state index contributed by atoms with van der Waals surface area (Å²) in [5.41, 5.74) is 2.48. The zero-order valence-corrected chi connectivity index (χ0v) is 12.5. The molecule has 2 rings (SSSR count). The highest BCUT2D eigenvalue weighted by atomic mass is 19.1. The first-order valence-electron chi connectivity index (χ1n) is 7.50. The zero-order chi connectivity index (χ0) is 14.0. The van der Waals surface area contributed by atoms with Crippen LogP contribution in [0.2, 0.25) is 0 Å². The number of hydrogen-bond acceptors (Lipinski definition) is 1. The first kappa shape index (κ1) is 14.5. The molecule has 0 saturated carbocycles. The van der Waals surface area contributed by atoms with Crippen LogP contribution in [0.15, 0.2) is 18.2 Å². The highest BCUT2D eigenvalue weighted by molar-refractivity contribution is 5.34. The lowest BCUT2D eigenvalue weighted by Crippen LogP contribution is -2.31. The molecule has 1 N–H and O–H groups in total. The summed E-state index contributed by atoms with van der Waals surface area (Å²) < 4.78 is 13.2. The van der Waals surface area contributed by atoms with Gasteiger partial charge in [-0.1, -0.05) is 33.8 Å². The molecular formula is C17H26FN. The van der Waals surface area contributed by atoms with Crippen LogP contribution >= 0.6 is 0 Å². The highest BCUT2D eigenvalue weighted by Gasteiger charge is 2.24. The Kier molecular flexibility index (Phi) is 4.62. The molecule has 1 atom stereocenters. The first-order valence-corrected chi connectivity index (χ1v) is 7.50. The summed E-state index contributed by atoms with van der Waals surface area (Å²) in [4.78, 5) is 0. The van der Waals surface area contributed by atoms with E-state index in [1.165, 1.54) is 11.1 Å². The molecule has 0 aromatic heterocycles. The maximum absolute atomic E-state index is 13.2. The normalized spacial score (nSPS) is 18.6. The van der Waals surface area contributed by atoms with Crippen molar-refractivity contribution in [1.82, 2.24) is 5.32 Å². The average molecular weight is 263 g/mol. The maximum atomic E-state index is 13.2. The van der Waals surface area contributed by atoms with Crippen molar-refractivity contribution in [3.63, 3.8) is 0 Å². The average Bonchev–Trinajstić information content (AvgIpc) is 2.71. The van der Waals surface area contributed by atoms with Crippen LogP contribution in [0.1, 0.15) is 51.3 Å². The second-order valence-corrected chi connectivity index (χ2v) is 6.49. The molecule has 1 aromatic carbocycles. The van der Waals surface area contributed by atoms with E-state index in [0.29, 0.717) is 23.8 Å². The standard InChI is InChI=1S/C17H26FN/c1-11(2)16(12(3)4)10-19-17-8-5-13-9-14(18)6-7-15(13)17/h6-7,9,11-12,16-17,19H,5,8,10H2,1-4H3. The number of rotatable bonds is 5. The van der Waals surface area contributed by atoms with Crippen molar-refractivity contribution < 1.29 is 4.39 Å². The summed E-state index contributed by atoms with van der Waals surface area (Å²) >= 11 is 0. The topological polar surface area (TPSA) is 12.0 Å². The van der Waals surface area contributed by atoms with Gasteiger partial charge in [0.2, 0.25) is 0 Å². The number of hydrogen-bond donors (Lipinski definition) is 1. The summed E-state index contributed by atoms with van der Waals surface area (Å²) in [7, 11) is 0. The van der Waals surface area contributed by atoms with E-state index in [1.54, 1.807) is 12.1 Å². The molecule has 0 bridgehead atoms. The molecule has 1 unspecified atom stereocenters. The number of aryl methyl sites for hydroxylation is 1. The molecule has 2 heteroatoms. The number of fused-ring (bicyclic) bond motifs is 1. The summed E-state index contributed by atoms with van der Waals surface area (Å²) in [6.45, 7) is 10.2. The lowest BCUT2D eigenvalue weighted by atomic mass is 9.85. The smallest absolute Gasteiger partial charge is 0.123 e. The van der Waals surface area contributed by atoms with E-state index in [9.17, 15) is 4.39 Å². The van der Waals surface area contributed by atoms with Gasteiger partial charge in [-0.25, -0.2) is 4.39 Å². The van der Waals surface area contributed by atoms with E-state index in [4.69, 9.17) is 0 Å². The third-order valence-corrected chi connectivity index (χ3v) is 4.50. The predicted octanol–water partition coefficient (Wildman–Crippen LogP) is 4.33. The number of benzene rings is 1. The lowest BCUT2D eigenvalue weighted by molar-refractivity contribution is 0.265. The highest BCUT2D eigenvalue weighted by Crippen LogP contribution is 2.32. The predicted molar refractivity (Wildman–Crippen MR) is 78.6 cm³/mol. The van der Waals surface area contributed by atoms with E-state index >= 15 is 0 Å². The van der Waals surface area contributed by atoms with Crippen LogP contribution in [0.5, 0.6) is 0 Å². The second-order valence-electron chi connectivity index (χ2n) is 6.49. The third kappa shape index (κ3) is 3.36. The first-order chi connectivity index (χ1) is 8.99. The molecule has 0 fully saturated rings. The van der Waals surface area contributed by atoms with Crippen molar-refractivity contribution in [3.8, 4) is 0 Å². The minimum absolute atomic E-state index is 0.110. The molecule has 0 saturated heterocycles. The molecule has 1 nitrogen and oxygen atoms in total.